The van der Waals surface area contributed by atoms with Crippen molar-refractivity contribution in [1.29, 1.82) is 0 Å². The number of phenolic OH excluding ortho intramolecular Hbond substituents is 1. The van der Waals surface area contributed by atoms with E-state index in [1.54, 1.807) is 50.2 Å². The number of morpholine rings is 1. The van der Waals surface area contributed by atoms with Gasteiger partial charge in [-0.2, -0.15) is 0 Å². The minimum atomic E-state index is -2.01. The summed E-state index contributed by atoms with van der Waals surface area (Å²) in [7, 11) is 1.21. The Morgan fingerprint density at radius 2 is 1.44 bits per heavy atom. The van der Waals surface area contributed by atoms with Crippen molar-refractivity contribution in [2.24, 2.45) is 11.8 Å². The monoisotopic (exact) mass is 835 g/mol. The normalized spacial score (nSPS) is 23.7. The molecule has 3 aliphatic heterocycles. The lowest BCUT2D eigenvalue weighted by Crippen LogP contribution is -2.57. The first kappa shape index (κ1) is 39.6. The quantitative estimate of drug-likeness (QED) is 0.133. The number of hydrogen-bond donors (Lipinski definition) is 3. The van der Waals surface area contributed by atoms with Gasteiger partial charge in [0.25, 0.3) is 0 Å². The van der Waals surface area contributed by atoms with E-state index in [4.69, 9.17) is 9.47 Å². The largest absolute Gasteiger partial charge is 0.508 e. The zero-order valence-corrected chi connectivity index (χ0v) is 34.1. The molecule has 6 aromatic rings. The van der Waals surface area contributed by atoms with Gasteiger partial charge >= 0.3 is 18.0 Å². The van der Waals surface area contributed by atoms with E-state index in [0.29, 0.717) is 22.2 Å². The molecule has 3 N–H and O–H groups in total. The molecule has 13 nitrogen and oxygen atoms in total. The number of hydrogen-bond acceptors (Lipinski definition) is 11. The molecule has 308 valence electrons. The first-order valence-electron chi connectivity index (χ1n) is 19.9. The molecule has 0 radical (unpaired) electrons. The number of carbonyl (C=O) groups is 5. The van der Waals surface area contributed by atoms with Crippen molar-refractivity contribution < 1.29 is 38.6 Å². The van der Waals surface area contributed by atoms with E-state index in [1.807, 2.05) is 89.8 Å². The Morgan fingerprint density at radius 1 is 0.803 bits per heavy atom. The van der Waals surface area contributed by atoms with Crippen LogP contribution in [0.2, 0.25) is 0 Å². The highest BCUT2D eigenvalue weighted by Crippen LogP contribution is 2.66. The third-order valence-corrected chi connectivity index (χ3v) is 12.9. The number of anilines is 2. The number of amides is 4. The Kier molecular flexibility index (Phi) is 10.1. The Bertz CT molecular complexity index is 2640. The number of phenols is 1. The lowest BCUT2D eigenvalue weighted by Gasteiger charge is -2.46. The second kappa shape index (κ2) is 15.6. The lowest BCUT2D eigenvalue weighted by molar-refractivity contribution is -0.177. The van der Waals surface area contributed by atoms with E-state index in [1.165, 1.54) is 30.6 Å². The number of thiazole rings is 1. The van der Waals surface area contributed by atoms with Gasteiger partial charge in [0.2, 0.25) is 11.8 Å². The molecule has 7 atom stereocenters. The fourth-order valence-corrected chi connectivity index (χ4v) is 10.3. The number of para-hydroxylation sites is 2. The number of nitrogens with zero attached hydrogens (tertiary/aromatic N) is 3. The summed E-state index contributed by atoms with van der Waals surface area (Å²) in [6.45, 7) is 3.47. The standard InChI is InChI=1S/C47H41N5O8S/c1-26(2)36(42(55)59-3)49-46(58)51-33-20-12-10-18-31(33)47(44(51)57)35(41(54)50-45-48-32-19-11-13-21-34(32)61-45)38-43(56)60-39(28-16-8-5-9-17-28)37(27-14-6-4-7-15-27)52(38)40(47)29-22-24-30(53)25-23-29/h4-26,35-40,53H,1-3H3,(H,49,58)(H,48,50,54)/t35-,36-,37-,38-,39+,40+,47-/m0/s1. The molecule has 2 fully saturated rings. The number of cyclic esters (lactones) is 1. The van der Waals surface area contributed by atoms with Gasteiger partial charge in [-0.25, -0.2) is 19.5 Å². The molecule has 4 amide bonds. The molecule has 0 bridgehead atoms. The number of methoxy groups -OCH3 is 1. The molecule has 9 rings (SSSR count). The van der Waals surface area contributed by atoms with Crippen molar-refractivity contribution in [3.63, 3.8) is 0 Å². The smallest absolute Gasteiger partial charge is 0.329 e. The summed E-state index contributed by atoms with van der Waals surface area (Å²) in [4.78, 5) is 82.0. The van der Waals surface area contributed by atoms with Gasteiger partial charge in [0.1, 0.15) is 29.4 Å². The molecule has 3 aliphatic rings. The van der Waals surface area contributed by atoms with Crippen molar-refractivity contribution in [1.82, 2.24) is 15.2 Å². The maximum atomic E-state index is 16.2. The summed E-state index contributed by atoms with van der Waals surface area (Å²) < 4.78 is 12.3. The predicted molar refractivity (Wildman–Crippen MR) is 227 cm³/mol. The average Bonchev–Trinajstić information content (AvgIpc) is 3.91. The summed E-state index contributed by atoms with van der Waals surface area (Å²) in [6, 6.07) is 33.7. The van der Waals surface area contributed by atoms with Crippen LogP contribution in [-0.4, -0.2) is 64.0 Å². The number of imide groups is 1. The van der Waals surface area contributed by atoms with Gasteiger partial charge in [-0.1, -0.05) is 128 Å². The van der Waals surface area contributed by atoms with Gasteiger partial charge in [-0.05, 0) is 58.5 Å². The lowest BCUT2D eigenvalue weighted by atomic mass is 9.65. The van der Waals surface area contributed by atoms with Crippen molar-refractivity contribution in [3.8, 4) is 5.75 Å². The van der Waals surface area contributed by atoms with Crippen LogP contribution in [0.5, 0.6) is 5.75 Å². The van der Waals surface area contributed by atoms with Crippen LogP contribution in [0.1, 0.15) is 54.3 Å². The molecule has 2 saturated heterocycles. The molecule has 0 aliphatic carbocycles. The van der Waals surface area contributed by atoms with Crippen LogP contribution in [-0.2, 0) is 34.1 Å². The Balaban J connectivity index is 1.32. The topological polar surface area (TPSA) is 167 Å². The fourth-order valence-electron chi connectivity index (χ4n) is 9.45. The van der Waals surface area contributed by atoms with Crippen LogP contribution in [0.3, 0.4) is 0 Å². The highest BCUT2D eigenvalue weighted by atomic mass is 32.1. The third-order valence-electron chi connectivity index (χ3n) is 12.0. The van der Waals surface area contributed by atoms with Crippen LogP contribution in [0.25, 0.3) is 10.2 Å². The van der Waals surface area contributed by atoms with Crippen LogP contribution >= 0.6 is 11.3 Å². The molecule has 5 aromatic carbocycles. The molecule has 0 saturated carbocycles. The molecule has 1 aromatic heterocycles. The van der Waals surface area contributed by atoms with Crippen LogP contribution in [0, 0.1) is 11.8 Å². The summed E-state index contributed by atoms with van der Waals surface area (Å²) in [5.74, 6) is -4.95. The first-order chi connectivity index (χ1) is 29.5. The van der Waals surface area contributed by atoms with E-state index < -0.39 is 77.3 Å². The Labute approximate surface area is 354 Å². The maximum Gasteiger partial charge on any atom is 0.329 e. The molecule has 14 heteroatoms. The predicted octanol–water partition coefficient (Wildman–Crippen LogP) is 7.21. The highest BCUT2D eigenvalue weighted by Gasteiger charge is 2.75. The van der Waals surface area contributed by atoms with Gasteiger partial charge in [0.05, 0.1) is 41.0 Å². The number of aromatic nitrogens is 1. The van der Waals surface area contributed by atoms with Crippen molar-refractivity contribution >= 4 is 62.2 Å². The van der Waals surface area contributed by atoms with Gasteiger partial charge in [-0.3, -0.25) is 19.3 Å². The number of benzene rings is 5. The zero-order chi connectivity index (χ0) is 42.6. The minimum Gasteiger partial charge on any atom is -0.508 e. The number of carbonyl (C=O) groups excluding carboxylic acids is 5. The second-order valence-corrected chi connectivity index (χ2v) is 16.7. The number of nitrogens with one attached hydrogen (secondary N) is 2. The van der Waals surface area contributed by atoms with E-state index in [0.717, 1.165) is 15.2 Å². The number of urea groups is 1. The SMILES string of the molecule is COC(=O)[C@@H](NC(=O)N1C(=O)[C@@]2(c3ccccc31)[C@H](C(=O)Nc1nc3ccccc3s1)[C@H]1C(=O)O[C@H](c3ccccc3)[C@H](c3ccccc3)N1[C@@H]2c1ccc(O)cc1)C(C)C. The number of aromatic hydroxyl groups is 1. The molecule has 61 heavy (non-hydrogen) atoms. The van der Waals surface area contributed by atoms with Crippen LogP contribution in [0.4, 0.5) is 15.6 Å². The van der Waals surface area contributed by atoms with E-state index in [-0.39, 0.29) is 16.6 Å². The molecule has 1 spiro atoms. The van der Waals surface area contributed by atoms with Crippen LogP contribution < -0.4 is 15.5 Å². The van der Waals surface area contributed by atoms with Crippen molar-refractivity contribution in [3.05, 3.63) is 156 Å². The molecule has 0 unspecified atom stereocenters. The third kappa shape index (κ3) is 6.41. The minimum absolute atomic E-state index is 0.0426. The Morgan fingerprint density at radius 3 is 2.11 bits per heavy atom. The van der Waals surface area contributed by atoms with Crippen molar-refractivity contribution in [2.75, 3.05) is 17.3 Å². The summed E-state index contributed by atoms with van der Waals surface area (Å²) in [5, 5.41) is 16.6. The Hall–Kier alpha value is -6.90. The average molecular weight is 836 g/mol. The van der Waals surface area contributed by atoms with Crippen LogP contribution in [0.15, 0.2) is 133 Å². The van der Waals surface area contributed by atoms with E-state index >= 15 is 14.4 Å². The first-order valence-corrected chi connectivity index (χ1v) is 20.7. The summed E-state index contributed by atoms with van der Waals surface area (Å²) in [5.41, 5.74) is 1.03. The summed E-state index contributed by atoms with van der Waals surface area (Å²) in [6.07, 6.45) is -0.909. The molecule has 4 heterocycles. The number of rotatable bonds is 8. The number of esters is 2. The summed E-state index contributed by atoms with van der Waals surface area (Å²) >= 11 is 1.24. The molecular weight excluding hydrogens is 795 g/mol. The van der Waals surface area contributed by atoms with Crippen molar-refractivity contribution in [2.45, 2.75) is 49.5 Å². The van der Waals surface area contributed by atoms with Gasteiger partial charge in [0, 0.05) is 0 Å². The van der Waals surface area contributed by atoms with E-state index in [2.05, 4.69) is 15.6 Å². The highest BCUT2D eigenvalue weighted by molar-refractivity contribution is 7.22. The van der Waals surface area contributed by atoms with Gasteiger partial charge in [-0.15, -0.1) is 0 Å². The number of ether oxygens (including phenoxy) is 2. The maximum absolute atomic E-state index is 16.2. The fraction of sp³-hybridized carbons (Fsp3) is 0.234. The second-order valence-electron chi connectivity index (χ2n) is 15.7. The van der Waals surface area contributed by atoms with Gasteiger partial charge in [0.15, 0.2) is 5.13 Å². The zero-order valence-electron chi connectivity index (χ0n) is 33.3. The number of fused-ring (bicyclic) bond motifs is 4. The molecular formula is C47H41N5O8S. The van der Waals surface area contributed by atoms with Gasteiger partial charge < -0.3 is 25.2 Å². The van der Waals surface area contributed by atoms with E-state index in [9.17, 15) is 14.7 Å².